The predicted molar refractivity (Wildman–Crippen MR) is 108 cm³/mol. The van der Waals surface area contributed by atoms with Crippen molar-refractivity contribution in [3.05, 3.63) is 58.6 Å². The Morgan fingerprint density at radius 2 is 1.78 bits per heavy atom. The Labute approximate surface area is 165 Å². The Kier molecular flexibility index (Phi) is 5.89. The van der Waals surface area contributed by atoms with Gasteiger partial charge in [-0.15, -0.1) is 0 Å². The standard InChI is InChI=1S/C20H23ClN2O3S/c1-14(2)16-7-3-4-8-18(16)22-20(24)15-9-10-17(21)19(13-15)27(25,26)23-11-5-6-12-23/h3-4,7-10,13-14H,5-6,11-12H2,1-2H3,(H,22,24). The number of hydrogen-bond acceptors (Lipinski definition) is 3. The van der Waals surface area contributed by atoms with Crippen molar-refractivity contribution in [3.63, 3.8) is 0 Å². The molecule has 7 heteroatoms. The monoisotopic (exact) mass is 406 g/mol. The summed E-state index contributed by atoms with van der Waals surface area (Å²) in [6.07, 6.45) is 1.67. The van der Waals surface area contributed by atoms with Gasteiger partial charge < -0.3 is 5.32 Å². The van der Waals surface area contributed by atoms with E-state index in [-0.39, 0.29) is 27.3 Å². The van der Waals surface area contributed by atoms with Gasteiger partial charge in [0.2, 0.25) is 10.0 Å². The molecule has 2 aromatic rings. The number of para-hydroxylation sites is 1. The first-order chi connectivity index (χ1) is 12.8. The summed E-state index contributed by atoms with van der Waals surface area (Å²) in [6, 6.07) is 12.0. The maximum atomic E-state index is 12.8. The minimum atomic E-state index is -3.70. The summed E-state index contributed by atoms with van der Waals surface area (Å²) in [4.78, 5) is 12.7. The number of halogens is 1. The van der Waals surface area contributed by atoms with Crippen LogP contribution in [-0.2, 0) is 10.0 Å². The number of sulfonamides is 1. The molecule has 1 saturated heterocycles. The van der Waals surface area contributed by atoms with Gasteiger partial charge in [0.25, 0.3) is 5.91 Å². The zero-order valence-electron chi connectivity index (χ0n) is 15.4. The molecule has 1 amide bonds. The second kappa shape index (κ2) is 8.00. The molecular weight excluding hydrogens is 384 g/mol. The largest absolute Gasteiger partial charge is 0.322 e. The molecule has 0 aromatic heterocycles. The lowest BCUT2D eigenvalue weighted by Crippen LogP contribution is -2.28. The molecule has 1 fully saturated rings. The Morgan fingerprint density at radius 3 is 2.44 bits per heavy atom. The maximum absolute atomic E-state index is 12.8. The fourth-order valence-electron chi connectivity index (χ4n) is 3.22. The average molecular weight is 407 g/mol. The van der Waals surface area contributed by atoms with Gasteiger partial charge in [-0.05, 0) is 48.6 Å². The third-order valence-corrected chi connectivity index (χ3v) is 7.09. The number of amides is 1. The highest BCUT2D eigenvalue weighted by Crippen LogP contribution is 2.29. The van der Waals surface area contributed by atoms with Crippen LogP contribution in [-0.4, -0.2) is 31.7 Å². The highest BCUT2D eigenvalue weighted by molar-refractivity contribution is 7.89. The van der Waals surface area contributed by atoms with E-state index in [4.69, 9.17) is 11.6 Å². The van der Waals surface area contributed by atoms with Gasteiger partial charge in [-0.1, -0.05) is 43.6 Å². The van der Waals surface area contributed by atoms with E-state index < -0.39 is 10.0 Å². The van der Waals surface area contributed by atoms with E-state index in [0.29, 0.717) is 13.1 Å². The number of nitrogens with zero attached hydrogens (tertiary/aromatic N) is 1. The quantitative estimate of drug-likeness (QED) is 0.794. The molecule has 0 unspecified atom stereocenters. The van der Waals surface area contributed by atoms with E-state index in [2.05, 4.69) is 5.32 Å². The second-order valence-electron chi connectivity index (χ2n) is 6.95. The van der Waals surface area contributed by atoms with Crippen LogP contribution in [0.1, 0.15) is 48.5 Å². The molecular formula is C20H23ClN2O3S. The molecule has 2 aromatic carbocycles. The van der Waals surface area contributed by atoms with Gasteiger partial charge in [0, 0.05) is 24.3 Å². The molecule has 0 bridgehead atoms. The van der Waals surface area contributed by atoms with Crippen LogP contribution < -0.4 is 5.32 Å². The molecule has 0 radical (unpaired) electrons. The van der Waals surface area contributed by atoms with Crippen molar-refractivity contribution in [1.82, 2.24) is 4.31 Å². The van der Waals surface area contributed by atoms with Crippen LogP contribution in [0.25, 0.3) is 0 Å². The van der Waals surface area contributed by atoms with Crippen molar-refractivity contribution < 1.29 is 13.2 Å². The van der Waals surface area contributed by atoms with Gasteiger partial charge in [0.05, 0.1) is 5.02 Å². The summed E-state index contributed by atoms with van der Waals surface area (Å²) >= 11 is 6.15. The molecule has 1 heterocycles. The summed E-state index contributed by atoms with van der Waals surface area (Å²) in [5.74, 6) is -0.115. The van der Waals surface area contributed by atoms with Crippen molar-refractivity contribution in [2.75, 3.05) is 18.4 Å². The highest BCUT2D eigenvalue weighted by atomic mass is 35.5. The Morgan fingerprint density at radius 1 is 1.11 bits per heavy atom. The van der Waals surface area contributed by atoms with Crippen molar-refractivity contribution in [2.24, 2.45) is 0 Å². The van der Waals surface area contributed by atoms with Crippen LogP contribution in [0, 0.1) is 0 Å². The highest BCUT2D eigenvalue weighted by Gasteiger charge is 2.29. The minimum absolute atomic E-state index is 0.0177. The normalized spacial score (nSPS) is 15.3. The van der Waals surface area contributed by atoms with Crippen LogP contribution in [0.2, 0.25) is 5.02 Å². The molecule has 0 spiro atoms. The topological polar surface area (TPSA) is 66.5 Å². The summed E-state index contributed by atoms with van der Waals surface area (Å²) in [5, 5.41) is 3.01. The zero-order chi connectivity index (χ0) is 19.6. The van der Waals surface area contributed by atoms with Gasteiger partial charge >= 0.3 is 0 Å². The van der Waals surface area contributed by atoms with Gasteiger partial charge in [-0.3, -0.25) is 4.79 Å². The Balaban J connectivity index is 1.91. The van der Waals surface area contributed by atoms with Crippen molar-refractivity contribution in [1.29, 1.82) is 0 Å². The molecule has 1 aliphatic rings. The second-order valence-corrected chi connectivity index (χ2v) is 9.27. The minimum Gasteiger partial charge on any atom is -0.322 e. The van der Waals surface area contributed by atoms with Crippen LogP contribution >= 0.6 is 11.6 Å². The van der Waals surface area contributed by atoms with Crippen LogP contribution in [0.3, 0.4) is 0 Å². The first-order valence-corrected chi connectivity index (χ1v) is 10.8. The average Bonchev–Trinajstić information content (AvgIpc) is 3.17. The summed E-state index contributed by atoms with van der Waals surface area (Å²) < 4.78 is 27.1. The smallest absolute Gasteiger partial charge is 0.255 e. The van der Waals surface area contributed by atoms with E-state index >= 15 is 0 Å². The SMILES string of the molecule is CC(C)c1ccccc1NC(=O)c1ccc(Cl)c(S(=O)(=O)N2CCCC2)c1. The number of hydrogen-bond donors (Lipinski definition) is 1. The zero-order valence-corrected chi connectivity index (χ0v) is 17.0. The van der Waals surface area contributed by atoms with E-state index in [1.54, 1.807) is 6.07 Å². The third-order valence-electron chi connectivity index (χ3n) is 4.71. The van der Waals surface area contributed by atoms with E-state index in [0.717, 1.165) is 24.1 Å². The summed E-state index contributed by atoms with van der Waals surface area (Å²) in [6.45, 7) is 5.07. The van der Waals surface area contributed by atoms with Gasteiger partial charge in [-0.25, -0.2) is 8.42 Å². The van der Waals surface area contributed by atoms with Gasteiger partial charge in [0.1, 0.15) is 4.90 Å². The van der Waals surface area contributed by atoms with Crippen LogP contribution in [0.15, 0.2) is 47.4 Å². The lowest BCUT2D eigenvalue weighted by atomic mass is 10.0. The predicted octanol–water partition coefficient (Wildman–Crippen LogP) is 4.50. The number of benzene rings is 2. The number of anilines is 1. The fourth-order valence-corrected chi connectivity index (χ4v) is 5.24. The first kappa shape index (κ1) is 19.9. The van der Waals surface area contributed by atoms with Crippen molar-refractivity contribution in [2.45, 2.75) is 37.5 Å². The number of carbonyl (C=O) groups excluding carboxylic acids is 1. The molecule has 144 valence electrons. The van der Waals surface area contributed by atoms with Gasteiger partial charge in [-0.2, -0.15) is 4.31 Å². The van der Waals surface area contributed by atoms with E-state index in [1.165, 1.54) is 16.4 Å². The van der Waals surface area contributed by atoms with Crippen LogP contribution in [0.5, 0.6) is 0 Å². The number of rotatable bonds is 5. The van der Waals surface area contributed by atoms with Crippen molar-refractivity contribution >= 4 is 33.2 Å². The molecule has 5 nitrogen and oxygen atoms in total. The van der Waals surface area contributed by atoms with E-state index in [1.807, 2.05) is 38.1 Å². The van der Waals surface area contributed by atoms with E-state index in [9.17, 15) is 13.2 Å². The summed E-state index contributed by atoms with van der Waals surface area (Å²) in [7, 11) is -3.70. The molecule has 0 saturated carbocycles. The van der Waals surface area contributed by atoms with Crippen LogP contribution in [0.4, 0.5) is 5.69 Å². The fraction of sp³-hybridized carbons (Fsp3) is 0.350. The van der Waals surface area contributed by atoms with Gasteiger partial charge in [0.15, 0.2) is 0 Å². The molecule has 1 N–H and O–H groups in total. The molecule has 3 rings (SSSR count). The number of carbonyl (C=O) groups is 1. The molecule has 0 atom stereocenters. The summed E-state index contributed by atoms with van der Waals surface area (Å²) in [5.41, 5.74) is 2.00. The first-order valence-electron chi connectivity index (χ1n) is 9.00. The maximum Gasteiger partial charge on any atom is 0.255 e. The lowest BCUT2D eigenvalue weighted by molar-refractivity contribution is 0.102. The molecule has 1 aliphatic heterocycles. The third kappa shape index (κ3) is 4.18. The molecule has 27 heavy (non-hydrogen) atoms. The Hall–Kier alpha value is -1.89. The molecule has 0 aliphatic carbocycles. The lowest BCUT2D eigenvalue weighted by Gasteiger charge is -2.17. The van der Waals surface area contributed by atoms with Crippen molar-refractivity contribution in [3.8, 4) is 0 Å². The Bertz CT molecular complexity index is 951. The number of nitrogens with one attached hydrogen (secondary N) is 1.